The molecule has 3 aromatic rings. The number of amidine groups is 1. The number of amides is 2. The number of aromatic nitrogens is 2. The number of nitrogens with one attached hydrogen (secondary N) is 1. The molecule has 3 aliphatic heterocycles. The Hall–Kier alpha value is -3.81. The average Bonchev–Trinajstić information content (AvgIpc) is 3.47. The highest BCUT2D eigenvalue weighted by Gasteiger charge is 2.48. The molecule has 0 unspecified atom stereocenters. The monoisotopic (exact) mass is 429 g/mol. The number of fused-ring (bicyclic) bond motifs is 3. The Bertz CT molecular complexity index is 1260. The number of para-hydroxylation sites is 1. The maximum absolute atomic E-state index is 13.1. The second kappa shape index (κ2) is 6.59. The predicted octanol–water partition coefficient (Wildman–Crippen LogP) is 4.14. The molecule has 0 bridgehead atoms. The predicted molar refractivity (Wildman–Crippen MR) is 120 cm³/mol. The highest BCUT2D eigenvalue weighted by Crippen LogP contribution is 2.46. The van der Waals surface area contributed by atoms with E-state index in [4.69, 9.17) is 14.5 Å². The van der Waals surface area contributed by atoms with E-state index in [2.05, 4.69) is 31.2 Å². The topological polar surface area (TPSA) is 81.0 Å². The van der Waals surface area contributed by atoms with Crippen molar-refractivity contribution in [1.82, 2.24) is 15.1 Å². The van der Waals surface area contributed by atoms with E-state index in [1.54, 1.807) is 4.90 Å². The quantitative estimate of drug-likeness (QED) is 0.664. The molecule has 2 amide bonds. The van der Waals surface area contributed by atoms with Crippen LogP contribution < -0.4 is 19.7 Å². The highest BCUT2D eigenvalue weighted by atomic mass is 16.7. The van der Waals surface area contributed by atoms with Crippen LogP contribution in [-0.4, -0.2) is 34.5 Å². The Labute approximate surface area is 185 Å². The fourth-order valence-electron chi connectivity index (χ4n) is 4.69. The van der Waals surface area contributed by atoms with Gasteiger partial charge in [0.25, 0.3) is 0 Å². The second-order valence-electron chi connectivity index (χ2n) is 9.17. The molecular weight excluding hydrogens is 406 g/mol. The molecule has 2 aromatic carbocycles. The smallest absolute Gasteiger partial charge is 0.328 e. The Morgan fingerprint density at radius 1 is 1.06 bits per heavy atom. The number of anilines is 1. The third-order valence-electron chi connectivity index (χ3n) is 6.09. The van der Waals surface area contributed by atoms with E-state index < -0.39 is 0 Å². The normalized spacial score (nSPS) is 21.2. The lowest BCUT2D eigenvalue weighted by Gasteiger charge is -2.33. The van der Waals surface area contributed by atoms with Gasteiger partial charge >= 0.3 is 6.03 Å². The van der Waals surface area contributed by atoms with Crippen molar-refractivity contribution in [1.29, 1.82) is 0 Å². The van der Waals surface area contributed by atoms with Crippen LogP contribution in [0.25, 0.3) is 0 Å². The van der Waals surface area contributed by atoms with Crippen LogP contribution in [0.15, 0.2) is 59.7 Å². The summed E-state index contributed by atoms with van der Waals surface area (Å²) in [5, 5.41) is 7.69. The van der Waals surface area contributed by atoms with Gasteiger partial charge < -0.3 is 9.47 Å². The summed E-state index contributed by atoms with van der Waals surface area (Å²) in [5.74, 6) is 2.65. The molecule has 6 rings (SSSR count). The standard InChI is InChI=1S/C24H23N5O3/c1-24(2,3)29-22-16(12-25-29)19(14-9-10-17-18(11-14)32-13-31-17)20-21(26-22)27-23(30)28(20)15-7-5-4-6-8-15/h4-12,19-20H,13H2,1-3H3,(H,26,27,30)/t19-,20+/m0/s1. The maximum Gasteiger partial charge on any atom is 0.328 e. The fraction of sp³-hybridized carbons (Fsp3) is 0.292. The van der Waals surface area contributed by atoms with Gasteiger partial charge in [-0.3, -0.25) is 10.2 Å². The van der Waals surface area contributed by atoms with E-state index in [-0.39, 0.29) is 30.3 Å². The second-order valence-corrected chi connectivity index (χ2v) is 9.17. The molecule has 4 heterocycles. The van der Waals surface area contributed by atoms with Crippen LogP contribution in [0.5, 0.6) is 11.5 Å². The first-order valence-corrected chi connectivity index (χ1v) is 10.6. The summed E-state index contributed by atoms with van der Waals surface area (Å²) in [6.45, 7) is 6.48. The molecule has 0 saturated carbocycles. The third kappa shape index (κ3) is 2.72. The van der Waals surface area contributed by atoms with Crippen LogP contribution in [0.3, 0.4) is 0 Å². The van der Waals surface area contributed by atoms with Gasteiger partial charge in [-0.25, -0.2) is 14.5 Å². The number of nitrogens with zero attached hydrogens (tertiary/aromatic N) is 4. The van der Waals surface area contributed by atoms with Gasteiger partial charge in [-0.2, -0.15) is 5.10 Å². The van der Waals surface area contributed by atoms with Crippen molar-refractivity contribution in [2.45, 2.75) is 38.3 Å². The summed E-state index contributed by atoms with van der Waals surface area (Å²) >= 11 is 0. The van der Waals surface area contributed by atoms with Crippen LogP contribution in [-0.2, 0) is 5.54 Å². The number of benzene rings is 2. The Morgan fingerprint density at radius 2 is 1.84 bits per heavy atom. The molecule has 1 N–H and O–H groups in total. The molecule has 162 valence electrons. The van der Waals surface area contributed by atoms with Crippen molar-refractivity contribution in [3.8, 4) is 11.5 Å². The number of hydrogen-bond donors (Lipinski definition) is 1. The first-order valence-electron chi connectivity index (χ1n) is 10.6. The van der Waals surface area contributed by atoms with Gasteiger partial charge in [-0.15, -0.1) is 0 Å². The number of urea groups is 1. The molecule has 1 aromatic heterocycles. The van der Waals surface area contributed by atoms with E-state index >= 15 is 0 Å². The van der Waals surface area contributed by atoms with Gasteiger partial charge in [-0.1, -0.05) is 24.3 Å². The Morgan fingerprint density at radius 3 is 2.62 bits per heavy atom. The van der Waals surface area contributed by atoms with Gasteiger partial charge in [0.2, 0.25) is 6.79 Å². The molecule has 0 aliphatic carbocycles. The third-order valence-corrected chi connectivity index (χ3v) is 6.09. The minimum Gasteiger partial charge on any atom is -0.454 e. The average molecular weight is 429 g/mol. The van der Waals surface area contributed by atoms with Crippen molar-refractivity contribution in [3.63, 3.8) is 0 Å². The Kier molecular flexibility index (Phi) is 3.90. The van der Waals surface area contributed by atoms with E-state index in [9.17, 15) is 4.79 Å². The number of carbonyl (C=O) groups is 1. The molecule has 0 spiro atoms. The molecule has 3 aliphatic rings. The summed E-state index contributed by atoms with van der Waals surface area (Å²) in [5.41, 5.74) is 2.55. The molecule has 32 heavy (non-hydrogen) atoms. The van der Waals surface area contributed by atoms with Crippen LogP contribution in [0.1, 0.15) is 37.8 Å². The van der Waals surface area contributed by atoms with Gasteiger partial charge in [0.15, 0.2) is 17.3 Å². The Balaban J connectivity index is 1.56. The lowest BCUT2D eigenvalue weighted by molar-refractivity contribution is 0.174. The number of rotatable bonds is 2. The number of hydrogen-bond acceptors (Lipinski definition) is 5. The summed E-state index contributed by atoms with van der Waals surface area (Å²) in [6, 6.07) is 15.1. The SMILES string of the molecule is CC(C)(C)n1ncc2c1N=C1NC(=O)N(c3ccccc3)[C@@H]1[C@H]2c1ccc2c(c1)OCO2. The van der Waals surface area contributed by atoms with Crippen LogP contribution in [0.2, 0.25) is 0 Å². The zero-order valence-electron chi connectivity index (χ0n) is 18.1. The zero-order chi connectivity index (χ0) is 22.0. The minimum absolute atomic E-state index is 0.178. The van der Waals surface area contributed by atoms with Crippen LogP contribution in [0.4, 0.5) is 16.3 Å². The number of carbonyl (C=O) groups excluding carboxylic acids is 1. The number of aliphatic imine (C=N–C) groups is 1. The molecule has 8 nitrogen and oxygen atoms in total. The van der Waals surface area contributed by atoms with Crippen molar-refractivity contribution >= 4 is 23.4 Å². The van der Waals surface area contributed by atoms with Crippen LogP contribution >= 0.6 is 0 Å². The summed E-state index contributed by atoms with van der Waals surface area (Å²) in [6.07, 6.45) is 1.88. The zero-order valence-corrected chi connectivity index (χ0v) is 18.1. The fourth-order valence-corrected chi connectivity index (χ4v) is 4.69. The molecule has 0 radical (unpaired) electrons. The molecule has 2 atom stereocenters. The summed E-state index contributed by atoms with van der Waals surface area (Å²) in [4.78, 5) is 19.8. The van der Waals surface area contributed by atoms with Crippen molar-refractivity contribution in [3.05, 3.63) is 65.9 Å². The molecule has 1 fully saturated rings. The first kappa shape index (κ1) is 18.9. The summed E-state index contributed by atoms with van der Waals surface area (Å²) in [7, 11) is 0. The van der Waals surface area contributed by atoms with Crippen LogP contribution in [0, 0.1) is 0 Å². The van der Waals surface area contributed by atoms with Gasteiger partial charge in [-0.05, 0) is 50.6 Å². The number of ether oxygens (including phenoxy) is 2. The molecule has 1 saturated heterocycles. The van der Waals surface area contributed by atoms with Gasteiger partial charge in [0.1, 0.15) is 11.9 Å². The highest BCUT2D eigenvalue weighted by molar-refractivity contribution is 6.18. The van der Waals surface area contributed by atoms with E-state index in [0.717, 1.165) is 28.4 Å². The largest absolute Gasteiger partial charge is 0.454 e. The van der Waals surface area contributed by atoms with E-state index in [0.29, 0.717) is 11.6 Å². The van der Waals surface area contributed by atoms with Crippen molar-refractivity contribution in [2.24, 2.45) is 4.99 Å². The van der Waals surface area contributed by atoms with E-state index in [1.807, 2.05) is 59.4 Å². The van der Waals surface area contributed by atoms with Gasteiger partial charge in [0, 0.05) is 17.2 Å². The first-order chi connectivity index (χ1) is 15.4. The minimum atomic E-state index is -0.324. The van der Waals surface area contributed by atoms with Crippen molar-refractivity contribution in [2.75, 3.05) is 11.7 Å². The van der Waals surface area contributed by atoms with Crippen molar-refractivity contribution < 1.29 is 14.3 Å². The van der Waals surface area contributed by atoms with Gasteiger partial charge in [0.05, 0.1) is 11.7 Å². The molecular formula is C24H23N5O3. The molecule has 8 heteroatoms. The van der Waals surface area contributed by atoms with E-state index in [1.165, 1.54) is 0 Å². The lowest BCUT2D eigenvalue weighted by Crippen LogP contribution is -2.42. The lowest BCUT2D eigenvalue weighted by atomic mass is 9.83. The summed E-state index contributed by atoms with van der Waals surface area (Å²) < 4.78 is 13.1. The maximum atomic E-state index is 13.1.